The number of piperidine rings is 1. The van der Waals surface area contributed by atoms with Gasteiger partial charge in [0.15, 0.2) is 0 Å². The topological polar surface area (TPSA) is 110 Å². The molecule has 2 fully saturated rings. The summed E-state index contributed by atoms with van der Waals surface area (Å²) < 4.78 is 13.9. The second-order valence-electron chi connectivity index (χ2n) is 8.96. The van der Waals surface area contributed by atoms with Gasteiger partial charge in [-0.3, -0.25) is 4.79 Å². The van der Waals surface area contributed by atoms with E-state index in [0.29, 0.717) is 29.7 Å². The minimum absolute atomic E-state index is 0.0818. The minimum atomic E-state index is -0.497. The lowest BCUT2D eigenvalue weighted by Gasteiger charge is -2.34. The van der Waals surface area contributed by atoms with Crippen molar-refractivity contribution in [1.82, 2.24) is 15.3 Å². The van der Waals surface area contributed by atoms with Gasteiger partial charge in [-0.25, -0.2) is 9.37 Å². The van der Waals surface area contributed by atoms with E-state index in [0.717, 1.165) is 38.1 Å². The van der Waals surface area contributed by atoms with Crippen molar-refractivity contribution < 1.29 is 9.18 Å². The van der Waals surface area contributed by atoms with Gasteiger partial charge in [-0.15, -0.1) is 0 Å². The van der Waals surface area contributed by atoms with E-state index < -0.39 is 5.82 Å². The third-order valence-electron chi connectivity index (χ3n) is 6.50. The SMILES string of the molecule is CC1CCC(NC(=O)[C@H]2CCCN(c3cc(-c4ccc(N)c(F)c4)nc(N)n3)C2)CC1. The summed E-state index contributed by atoms with van der Waals surface area (Å²) in [5.74, 6) is 1.08. The zero-order chi connectivity index (χ0) is 22.0. The molecule has 0 unspecified atom stereocenters. The van der Waals surface area contributed by atoms with Gasteiger partial charge in [-0.2, -0.15) is 4.98 Å². The maximum absolute atomic E-state index is 13.9. The van der Waals surface area contributed by atoms with Gasteiger partial charge in [0, 0.05) is 30.8 Å². The van der Waals surface area contributed by atoms with Gasteiger partial charge in [-0.1, -0.05) is 13.0 Å². The smallest absolute Gasteiger partial charge is 0.225 e. The summed E-state index contributed by atoms with van der Waals surface area (Å²) in [6.07, 6.45) is 6.24. The highest BCUT2D eigenvalue weighted by Gasteiger charge is 2.29. The highest BCUT2D eigenvalue weighted by molar-refractivity contribution is 5.80. The van der Waals surface area contributed by atoms with Crippen molar-refractivity contribution in [3.63, 3.8) is 0 Å². The summed E-state index contributed by atoms with van der Waals surface area (Å²) in [6.45, 7) is 3.65. The number of aromatic nitrogens is 2. The summed E-state index contributed by atoms with van der Waals surface area (Å²) >= 11 is 0. The van der Waals surface area contributed by atoms with Crippen LogP contribution >= 0.6 is 0 Å². The number of carbonyl (C=O) groups excluding carboxylic acids is 1. The van der Waals surface area contributed by atoms with Crippen LogP contribution in [0, 0.1) is 17.7 Å². The summed E-state index contributed by atoms with van der Waals surface area (Å²) in [7, 11) is 0. The molecule has 7 nitrogen and oxygen atoms in total. The van der Waals surface area contributed by atoms with Gasteiger partial charge in [0.25, 0.3) is 0 Å². The molecule has 5 N–H and O–H groups in total. The van der Waals surface area contributed by atoms with Gasteiger partial charge in [0.1, 0.15) is 11.6 Å². The predicted octanol–water partition coefficient (Wildman–Crippen LogP) is 3.36. The number of anilines is 3. The van der Waals surface area contributed by atoms with Crippen molar-refractivity contribution >= 4 is 23.4 Å². The summed E-state index contributed by atoms with van der Waals surface area (Å²) in [4.78, 5) is 23.6. The Kier molecular flexibility index (Phi) is 6.25. The highest BCUT2D eigenvalue weighted by atomic mass is 19.1. The second-order valence-corrected chi connectivity index (χ2v) is 8.96. The Morgan fingerprint density at radius 3 is 2.65 bits per heavy atom. The number of nitrogens with zero attached hydrogens (tertiary/aromatic N) is 3. The minimum Gasteiger partial charge on any atom is -0.396 e. The number of hydrogen-bond acceptors (Lipinski definition) is 6. The van der Waals surface area contributed by atoms with Crippen LogP contribution < -0.4 is 21.7 Å². The number of rotatable bonds is 4. The average molecular weight is 427 g/mol. The molecule has 2 aliphatic rings. The van der Waals surface area contributed by atoms with Crippen LogP contribution in [0.4, 0.5) is 21.8 Å². The van der Waals surface area contributed by atoms with Crippen LogP contribution in [-0.4, -0.2) is 35.0 Å². The normalized spacial score (nSPS) is 24.1. The predicted molar refractivity (Wildman–Crippen MR) is 121 cm³/mol. The van der Waals surface area contributed by atoms with Gasteiger partial charge in [0.05, 0.1) is 17.3 Å². The summed E-state index contributed by atoms with van der Waals surface area (Å²) in [6, 6.07) is 6.65. The van der Waals surface area contributed by atoms with E-state index in [1.165, 1.54) is 25.0 Å². The molecule has 1 aliphatic heterocycles. The molecule has 0 bridgehead atoms. The van der Waals surface area contributed by atoms with E-state index in [1.807, 2.05) is 0 Å². The average Bonchev–Trinajstić information content (AvgIpc) is 2.77. The Bertz CT molecular complexity index is 944. The number of nitrogens with two attached hydrogens (primary N) is 2. The summed E-state index contributed by atoms with van der Waals surface area (Å²) in [5, 5.41) is 3.26. The lowest BCUT2D eigenvalue weighted by molar-refractivity contribution is -0.126. The number of nitrogen functional groups attached to an aromatic ring is 2. The zero-order valence-corrected chi connectivity index (χ0v) is 18.0. The van der Waals surface area contributed by atoms with Crippen molar-refractivity contribution in [2.24, 2.45) is 11.8 Å². The molecule has 2 heterocycles. The Hall–Kier alpha value is -2.90. The number of carbonyl (C=O) groups is 1. The third kappa shape index (κ3) is 5.06. The molecule has 1 saturated carbocycles. The van der Waals surface area contributed by atoms with Crippen molar-refractivity contribution in [2.75, 3.05) is 29.5 Å². The van der Waals surface area contributed by atoms with E-state index in [4.69, 9.17) is 11.5 Å². The number of hydrogen-bond donors (Lipinski definition) is 3. The van der Waals surface area contributed by atoms with Crippen LogP contribution in [-0.2, 0) is 4.79 Å². The standard InChI is InChI=1S/C23H31FN6O/c1-14-4-7-17(8-5-14)27-22(31)16-3-2-10-30(13-16)21-12-20(28-23(26)29-21)15-6-9-19(25)18(24)11-15/h6,9,11-12,14,16-17H,2-5,7-8,10,13,25H2,1H3,(H,27,31)(H2,26,28,29)/t14?,16-,17?/m0/s1. The fourth-order valence-electron chi connectivity index (χ4n) is 4.57. The van der Waals surface area contributed by atoms with Gasteiger partial charge >= 0.3 is 0 Å². The Balaban J connectivity index is 1.47. The number of nitrogens with one attached hydrogen (secondary N) is 1. The molecule has 2 aromatic rings. The largest absolute Gasteiger partial charge is 0.396 e. The van der Waals surface area contributed by atoms with Crippen molar-refractivity contribution in [1.29, 1.82) is 0 Å². The number of halogens is 1. The molecule has 1 saturated heterocycles. The summed E-state index contributed by atoms with van der Waals surface area (Å²) in [5.41, 5.74) is 12.7. The van der Waals surface area contributed by atoms with Crippen LogP contribution in [0.25, 0.3) is 11.3 Å². The van der Waals surface area contributed by atoms with Crippen LogP contribution in [0.1, 0.15) is 45.4 Å². The molecular formula is C23H31FN6O. The van der Waals surface area contributed by atoms with Crippen LogP contribution in [0.3, 0.4) is 0 Å². The monoisotopic (exact) mass is 426 g/mol. The molecule has 1 atom stereocenters. The molecule has 1 aromatic heterocycles. The van der Waals surface area contributed by atoms with E-state index >= 15 is 0 Å². The first-order valence-corrected chi connectivity index (χ1v) is 11.1. The van der Waals surface area contributed by atoms with Gasteiger partial charge in [-0.05, 0) is 56.6 Å². The molecular weight excluding hydrogens is 395 g/mol. The third-order valence-corrected chi connectivity index (χ3v) is 6.50. The first kappa shape index (κ1) is 21.3. The molecule has 1 amide bonds. The number of amides is 1. The lowest BCUT2D eigenvalue weighted by atomic mass is 9.87. The molecule has 0 spiro atoms. The molecule has 166 valence electrons. The van der Waals surface area contributed by atoms with Gasteiger partial charge in [0.2, 0.25) is 11.9 Å². The molecule has 0 radical (unpaired) electrons. The zero-order valence-electron chi connectivity index (χ0n) is 18.0. The molecule has 8 heteroatoms. The fraction of sp³-hybridized carbons (Fsp3) is 0.522. The highest BCUT2D eigenvalue weighted by Crippen LogP contribution is 2.29. The van der Waals surface area contributed by atoms with E-state index in [2.05, 4.69) is 27.1 Å². The number of benzene rings is 1. The molecule has 31 heavy (non-hydrogen) atoms. The first-order valence-electron chi connectivity index (χ1n) is 11.1. The van der Waals surface area contributed by atoms with Crippen LogP contribution in [0.5, 0.6) is 0 Å². The molecule has 1 aliphatic carbocycles. The quantitative estimate of drug-likeness (QED) is 0.647. The van der Waals surface area contributed by atoms with Crippen molar-refractivity contribution in [3.8, 4) is 11.3 Å². The van der Waals surface area contributed by atoms with E-state index in [9.17, 15) is 9.18 Å². The van der Waals surface area contributed by atoms with Gasteiger partial charge < -0.3 is 21.7 Å². The van der Waals surface area contributed by atoms with Crippen molar-refractivity contribution in [3.05, 3.63) is 30.1 Å². The first-order chi connectivity index (χ1) is 14.9. The lowest BCUT2D eigenvalue weighted by Crippen LogP contribution is -2.47. The van der Waals surface area contributed by atoms with Crippen LogP contribution in [0.15, 0.2) is 24.3 Å². The van der Waals surface area contributed by atoms with Crippen molar-refractivity contribution in [2.45, 2.75) is 51.5 Å². The Morgan fingerprint density at radius 2 is 1.90 bits per heavy atom. The maximum atomic E-state index is 13.9. The Morgan fingerprint density at radius 1 is 1.13 bits per heavy atom. The fourth-order valence-corrected chi connectivity index (χ4v) is 4.57. The van der Waals surface area contributed by atoms with Crippen LogP contribution in [0.2, 0.25) is 0 Å². The maximum Gasteiger partial charge on any atom is 0.225 e. The van der Waals surface area contributed by atoms with E-state index in [1.54, 1.807) is 12.1 Å². The second kappa shape index (κ2) is 9.08. The van der Waals surface area contributed by atoms with E-state index in [-0.39, 0.29) is 23.5 Å². The molecule has 4 rings (SSSR count). The Labute approximate surface area is 182 Å². The molecule has 1 aromatic carbocycles.